The molecule has 6 rings (SSSR count). The lowest BCUT2D eigenvalue weighted by molar-refractivity contribution is -0.118. The number of furan rings is 1. The van der Waals surface area contributed by atoms with Gasteiger partial charge < -0.3 is 34.3 Å². The summed E-state index contributed by atoms with van der Waals surface area (Å²) in [4.78, 5) is 29.1. The van der Waals surface area contributed by atoms with Crippen LogP contribution in [0.3, 0.4) is 0 Å². The van der Waals surface area contributed by atoms with Gasteiger partial charge in [-0.1, -0.05) is 60.7 Å². The molecule has 3 N–H and O–H groups in total. The summed E-state index contributed by atoms with van der Waals surface area (Å²) in [7, 11) is 1.53. The minimum atomic E-state index is -1.16. The second kappa shape index (κ2) is 11.1. The van der Waals surface area contributed by atoms with Crippen LogP contribution in [0.15, 0.2) is 94.9 Å². The fourth-order valence-electron chi connectivity index (χ4n) is 5.73. The number of rotatable bonds is 8. The maximum absolute atomic E-state index is 14.2. The lowest BCUT2D eigenvalue weighted by atomic mass is 9.77. The summed E-state index contributed by atoms with van der Waals surface area (Å²) in [5.41, 5.74) is 2.42. The Hall–Kier alpha value is -4.60. The summed E-state index contributed by atoms with van der Waals surface area (Å²) in [6, 6.07) is 22.9. The van der Waals surface area contributed by atoms with Crippen LogP contribution in [0.5, 0.6) is 11.5 Å². The molecule has 0 unspecified atom stereocenters. The zero-order chi connectivity index (χ0) is 28.5. The number of para-hydroxylation sites is 2. The average molecular weight is 555 g/mol. The molecule has 4 aromatic rings. The van der Waals surface area contributed by atoms with Crippen molar-refractivity contribution in [2.75, 3.05) is 20.3 Å². The molecule has 2 aliphatic rings. The van der Waals surface area contributed by atoms with E-state index in [0.717, 1.165) is 11.1 Å². The minimum absolute atomic E-state index is 0.0662. The van der Waals surface area contributed by atoms with E-state index in [-0.39, 0.29) is 25.5 Å². The molecule has 0 fully saturated rings. The molecule has 1 aliphatic carbocycles. The van der Waals surface area contributed by atoms with Crippen molar-refractivity contribution in [3.63, 3.8) is 0 Å². The van der Waals surface area contributed by atoms with Crippen molar-refractivity contribution >= 4 is 22.8 Å². The van der Waals surface area contributed by atoms with E-state index in [1.165, 1.54) is 12.0 Å². The normalized spacial score (nSPS) is 20.9. The Labute approximate surface area is 236 Å². The fourth-order valence-corrected chi connectivity index (χ4v) is 5.73. The van der Waals surface area contributed by atoms with Gasteiger partial charge in [0.25, 0.3) is 5.91 Å². The van der Waals surface area contributed by atoms with Crippen LogP contribution < -0.4 is 14.8 Å². The van der Waals surface area contributed by atoms with Crippen LogP contribution in [-0.2, 0) is 11.3 Å². The van der Waals surface area contributed by atoms with Gasteiger partial charge in [0, 0.05) is 29.6 Å². The molecule has 1 aromatic heterocycles. The second-order valence-electron chi connectivity index (χ2n) is 10.1. The molecular weight excluding hydrogens is 524 g/mol. The molecule has 2 amide bonds. The minimum Gasteiger partial charge on any atom is -0.493 e. The van der Waals surface area contributed by atoms with Crippen molar-refractivity contribution in [2.24, 2.45) is 0 Å². The fraction of sp³-hybridized carbons (Fsp3) is 0.250. The first-order valence-electron chi connectivity index (χ1n) is 13.5. The third-order valence-electron chi connectivity index (χ3n) is 7.63. The Balaban J connectivity index is 1.45. The van der Waals surface area contributed by atoms with E-state index < -0.39 is 36.0 Å². The predicted molar refractivity (Wildman–Crippen MR) is 151 cm³/mol. The van der Waals surface area contributed by atoms with E-state index in [1.54, 1.807) is 24.3 Å². The molecule has 1 aliphatic heterocycles. The number of hydrogen-bond acceptors (Lipinski definition) is 7. The zero-order valence-electron chi connectivity index (χ0n) is 22.4. The van der Waals surface area contributed by atoms with Crippen molar-refractivity contribution in [1.29, 1.82) is 0 Å². The van der Waals surface area contributed by atoms with E-state index in [2.05, 4.69) is 5.32 Å². The highest BCUT2D eigenvalue weighted by Crippen LogP contribution is 2.47. The molecule has 0 saturated carbocycles. The Morgan fingerprint density at radius 3 is 2.59 bits per heavy atom. The molecule has 210 valence electrons. The number of hydrogen-bond donors (Lipinski definition) is 3. The summed E-state index contributed by atoms with van der Waals surface area (Å²) >= 11 is 0. The van der Waals surface area contributed by atoms with Crippen molar-refractivity contribution in [1.82, 2.24) is 10.2 Å². The highest BCUT2D eigenvalue weighted by Gasteiger charge is 2.50. The Morgan fingerprint density at radius 2 is 1.80 bits per heavy atom. The van der Waals surface area contributed by atoms with Gasteiger partial charge in [-0.05, 0) is 29.8 Å². The number of amides is 2. The van der Waals surface area contributed by atoms with Gasteiger partial charge in [0.1, 0.15) is 18.0 Å². The quantitative estimate of drug-likeness (QED) is 0.305. The average Bonchev–Trinajstić information content (AvgIpc) is 3.62. The first-order chi connectivity index (χ1) is 20.0. The number of fused-ring (bicyclic) bond motifs is 4. The van der Waals surface area contributed by atoms with Crippen LogP contribution in [0, 0.1) is 0 Å². The molecule has 0 bridgehead atoms. The van der Waals surface area contributed by atoms with E-state index >= 15 is 0 Å². The van der Waals surface area contributed by atoms with Gasteiger partial charge in [-0.15, -0.1) is 0 Å². The van der Waals surface area contributed by atoms with E-state index in [1.807, 2.05) is 60.7 Å². The van der Waals surface area contributed by atoms with Gasteiger partial charge in [0.2, 0.25) is 5.91 Å². The number of carbonyl (C=O) groups is 2. The van der Waals surface area contributed by atoms with Gasteiger partial charge in [0.05, 0.1) is 25.7 Å². The highest BCUT2D eigenvalue weighted by molar-refractivity contribution is 5.99. The largest absolute Gasteiger partial charge is 0.493 e. The van der Waals surface area contributed by atoms with Crippen LogP contribution >= 0.6 is 0 Å². The van der Waals surface area contributed by atoms with Crippen molar-refractivity contribution < 1.29 is 33.7 Å². The van der Waals surface area contributed by atoms with Crippen molar-refractivity contribution in [3.05, 3.63) is 107 Å². The lowest BCUT2D eigenvalue weighted by Gasteiger charge is -2.40. The maximum atomic E-state index is 14.2. The smallest absolute Gasteiger partial charge is 0.290 e. The van der Waals surface area contributed by atoms with Crippen LogP contribution in [0.4, 0.5) is 0 Å². The number of benzene rings is 3. The SMILES string of the molecule is COc1cccc2cc(C(=O)N(Cc3ccccc3)[C@@H]3C=C(C(=O)NCCO)[C@@H]4c5ccccc5O[C@@H]4[C@H]3O)oc12. The van der Waals surface area contributed by atoms with Crippen LogP contribution in [0.2, 0.25) is 0 Å². The van der Waals surface area contributed by atoms with Crippen molar-refractivity contribution in [3.8, 4) is 11.5 Å². The van der Waals surface area contributed by atoms with Gasteiger partial charge in [-0.25, -0.2) is 0 Å². The number of carbonyl (C=O) groups excluding carboxylic acids is 2. The Morgan fingerprint density at radius 1 is 1.02 bits per heavy atom. The first-order valence-corrected chi connectivity index (χ1v) is 13.5. The molecule has 2 heterocycles. The summed E-state index contributed by atoms with van der Waals surface area (Å²) in [5, 5.41) is 24.5. The topological polar surface area (TPSA) is 121 Å². The number of nitrogens with zero attached hydrogens (tertiary/aromatic N) is 1. The molecule has 0 radical (unpaired) electrons. The third-order valence-corrected chi connectivity index (χ3v) is 7.63. The Kier molecular flexibility index (Phi) is 7.21. The standard InChI is InChI=1S/C32H30N2O7/c1-39-25-13-7-10-20-16-26(41-29(20)25)32(38)34(18-19-8-3-2-4-9-19)23-17-22(31(37)33-14-15-35)27-21-11-5-6-12-24(21)40-30(27)28(23)36/h2-13,16-17,23,27-28,30,35-36H,14-15,18H2,1H3,(H,33,37)/t23-,27+,28+,30+/m1/s1. The predicted octanol–water partition coefficient (Wildman–Crippen LogP) is 3.41. The van der Waals surface area contributed by atoms with Crippen LogP contribution in [0.25, 0.3) is 11.0 Å². The number of ether oxygens (including phenoxy) is 2. The maximum Gasteiger partial charge on any atom is 0.290 e. The highest BCUT2D eigenvalue weighted by atomic mass is 16.5. The summed E-state index contributed by atoms with van der Waals surface area (Å²) in [6.07, 6.45) is -0.318. The zero-order valence-corrected chi connectivity index (χ0v) is 22.4. The number of methoxy groups -OCH3 is 1. The Bertz CT molecular complexity index is 1610. The van der Waals surface area contributed by atoms with Gasteiger partial charge in [-0.2, -0.15) is 0 Å². The van der Waals surface area contributed by atoms with E-state index in [4.69, 9.17) is 13.9 Å². The summed E-state index contributed by atoms with van der Waals surface area (Å²) in [6.45, 7) is -0.0148. The molecule has 4 atom stereocenters. The number of nitrogens with one attached hydrogen (secondary N) is 1. The summed E-state index contributed by atoms with van der Waals surface area (Å²) in [5.74, 6) is -0.251. The van der Waals surface area contributed by atoms with E-state index in [9.17, 15) is 19.8 Å². The van der Waals surface area contributed by atoms with Gasteiger partial charge in [-0.3, -0.25) is 9.59 Å². The second-order valence-corrected chi connectivity index (χ2v) is 10.1. The molecule has 3 aromatic carbocycles. The molecule has 9 nitrogen and oxygen atoms in total. The molecule has 0 saturated heterocycles. The third kappa shape index (κ3) is 4.83. The molecule has 41 heavy (non-hydrogen) atoms. The van der Waals surface area contributed by atoms with Gasteiger partial charge >= 0.3 is 0 Å². The monoisotopic (exact) mass is 554 g/mol. The molecule has 9 heteroatoms. The first kappa shape index (κ1) is 26.6. The lowest BCUT2D eigenvalue weighted by Crippen LogP contribution is -2.55. The molecule has 0 spiro atoms. The molecular formula is C32H30N2O7. The van der Waals surface area contributed by atoms with Crippen molar-refractivity contribution in [2.45, 2.75) is 30.7 Å². The van der Waals surface area contributed by atoms with Crippen LogP contribution in [-0.4, -0.2) is 65.4 Å². The number of aliphatic hydroxyl groups excluding tert-OH is 2. The van der Waals surface area contributed by atoms with Crippen LogP contribution in [0.1, 0.15) is 27.6 Å². The summed E-state index contributed by atoms with van der Waals surface area (Å²) < 4.78 is 17.6. The van der Waals surface area contributed by atoms with E-state index in [0.29, 0.717) is 28.0 Å². The van der Waals surface area contributed by atoms with Gasteiger partial charge in [0.15, 0.2) is 17.1 Å². The number of aliphatic hydroxyl groups is 2.